The fraction of sp³-hybridized carbons (Fsp3) is 0.500. The predicted octanol–water partition coefficient (Wildman–Crippen LogP) is 3.17. The number of ether oxygens (including phenoxy) is 1. The third kappa shape index (κ3) is 2.75. The van der Waals surface area contributed by atoms with Crippen molar-refractivity contribution < 1.29 is 4.74 Å². The Hall–Kier alpha value is -1.68. The molecule has 2 aromatic rings. The number of para-hydroxylation sites is 2. The van der Waals surface area contributed by atoms with Crippen LogP contribution in [-0.4, -0.2) is 29.2 Å². The van der Waals surface area contributed by atoms with Gasteiger partial charge in [0.25, 0.3) is 0 Å². The maximum Gasteiger partial charge on any atom is 0.148 e. The summed E-state index contributed by atoms with van der Waals surface area (Å²) in [6.07, 6.45) is 2.24. The average Bonchev–Trinajstić information content (AvgIpc) is 2.49. The highest BCUT2D eigenvalue weighted by atomic mass is 16.5. The summed E-state index contributed by atoms with van der Waals surface area (Å²) < 4.78 is 5.43. The van der Waals surface area contributed by atoms with Crippen LogP contribution in [0.25, 0.3) is 11.0 Å². The maximum atomic E-state index is 5.43. The molecule has 0 bridgehead atoms. The van der Waals surface area contributed by atoms with Crippen LogP contribution in [0.1, 0.15) is 25.5 Å². The topological polar surface area (TPSA) is 47.0 Å². The Kier molecular flexibility index (Phi) is 3.83. The molecule has 1 fully saturated rings. The largest absolute Gasteiger partial charge is 0.381 e. The second-order valence-electron chi connectivity index (χ2n) is 5.53. The second kappa shape index (κ2) is 5.75. The Labute approximate surface area is 119 Å². The Morgan fingerprint density at radius 1 is 1.15 bits per heavy atom. The van der Waals surface area contributed by atoms with E-state index in [1.807, 2.05) is 31.2 Å². The molecule has 0 amide bonds. The summed E-state index contributed by atoms with van der Waals surface area (Å²) in [6.45, 7) is 5.99. The zero-order chi connectivity index (χ0) is 13.9. The minimum absolute atomic E-state index is 0.396. The van der Waals surface area contributed by atoms with Gasteiger partial charge < -0.3 is 10.1 Å². The molecule has 1 aliphatic heterocycles. The van der Waals surface area contributed by atoms with Crippen LogP contribution in [0.4, 0.5) is 5.82 Å². The standard InChI is InChI=1S/C16H21N3O/c1-11(13-7-9-20-10-8-13)18-16-12(2)17-14-5-3-4-6-15(14)19-16/h3-6,11,13H,7-10H2,1-2H3,(H,18,19). The molecule has 20 heavy (non-hydrogen) atoms. The number of nitrogens with one attached hydrogen (secondary N) is 1. The lowest BCUT2D eigenvalue weighted by Gasteiger charge is -2.29. The first kappa shape index (κ1) is 13.3. The molecule has 1 aromatic heterocycles. The van der Waals surface area contributed by atoms with E-state index in [1.165, 1.54) is 0 Å². The van der Waals surface area contributed by atoms with E-state index in [9.17, 15) is 0 Å². The smallest absolute Gasteiger partial charge is 0.148 e. The van der Waals surface area contributed by atoms with Crippen LogP contribution in [0.3, 0.4) is 0 Å². The van der Waals surface area contributed by atoms with Crippen LogP contribution in [0.15, 0.2) is 24.3 Å². The summed E-state index contributed by atoms with van der Waals surface area (Å²) in [7, 11) is 0. The van der Waals surface area contributed by atoms with E-state index in [2.05, 4.69) is 17.2 Å². The zero-order valence-electron chi connectivity index (χ0n) is 12.1. The first-order chi connectivity index (χ1) is 9.74. The maximum absolute atomic E-state index is 5.43. The molecule has 3 rings (SSSR count). The van der Waals surface area contributed by atoms with Crippen molar-refractivity contribution in [2.24, 2.45) is 5.92 Å². The molecule has 1 aromatic carbocycles. The van der Waals surface area contributed by atoms with Gasteiger partial charge >= 0.3 is 0 Å². The summed E-state index contributed by atoms with van der Waals surface area (Å²) in [5.41, 5.74) is 2.86. The molecule has 0 radical (unpaired) electrons. The summed E-state index contributed by atoms with van der Waals surface area (Å²) in [4.78, 5) is 9.33. The number of benzene rings is 1. The Balaban J connectivity index is 1.80. The van der Waals surface area contributed by atoms with Crippen LogP contribution < -0.4 is 5.32 Å². The van der Waals surface area contributed by atoms with E-state index in [0.29, 0.717) is 12.0 Å². The molecule has 4 heteroatoms. The highest BCUT2D eigenvalue weighted by Crippen LogP contribution is 2.23. The van der Waals surface area contributed by atoms with Crippen molar-refractivity contribution in [3.8, 4) is 0 Å². The fourth-order valence-corrected chi connectivity index (χ4v) is 2.77. The van der Waals surface area contributed by atoms with Gasteiger partial charge in [-0.15, -0.1) is 0 Å². The molecule has 0 aliphatic carbocycles. The van der Waals surface area contributed by atoms with Crippen molar-refractivity contribution in [3.63, 3.8) is 0 Å². The average molecular weight is 271 g/mol. The van der Waals surface area contributed by atoms with Crippen molar-refractivity contribution in [1.82, 2.24) is 9.97 Å². The number of hydrogen-bond acceptors (Lipinski definition) is 4. The quantitative estimate of drug-likeness (QED) is 0.931. The minimum atomic E-state index is 0.396. The second-order valence-corrected chi connectivity index (χ2v) is 5.53. The Morgan fingerprint density at radius 3 is 2.50 bits per heavy atom. The molecular formula is C16H21N3O. The van der Waals surface area contributed by atoms with Gasteiger partial charge in [0.1, 0.15) is 5.82 Å². The van der Waals surface area contributed by atoms with Gasteiger partial charge in [0.2, 0.25) is 0 Å². The molecule has 1 atom stereocenters. The number of nitrogens with zero attached hydrogens (tertiary/aromatic N) is 2. The predicted molar refractivity (Wildman–Crippen MR) is 80.9 cm³/mol. The number of hydrogen-bond donors (Lipinski definition) is 1. The fourth-order valence-electron chi connectivity index (χ4n) is 2.77. The first-order valence-electron chi connectivity index (χ1n) is 7.31. The molecule has 0 spiro atoms. The van der Waals surface area contributed by atoms with E-state index in [-0.39, 0.29) is 0 Å². The number of fused-ring (bicyclic) bond motifs is 1. The van der Waals surface area contributed by atoms with E-state index < -0.39 is 0 Å². The van der Waals surface area contributed by atoms with Crippen molar-refractivity contribution >= 4 is 16.9 Å². The van der Waals surface area contributed by atoms with E-state index in [0.717, 1.165) is 48.6 Å². The third-order valence-electron chi connectivity index (χ3n) is 4.08. The summed E-state index contributed by atoms with van der Waals surface area (Å²) in [5.74, 6) is 1.55. The van der Waals surface area contributed by atoms with Crippen molar-refractivity contribution in [2.45, 2.75) is 32.7 Å². The molecule has 2 heterocycles. The van der Waals surface area contributed by atoms with Gasteiger partial charge in [-0.25, -0.2) is 9.97 Å². The van der Waals surface area contributed by atoms with E-state index in [4.69, 9.17) is 9.72 Å². The number of anilines is 1. The molecule has 4 nitrogen and oxygen atoms in total. The monoisotopic (exact) mass is 271 g/mol. The van der Waals surface area contributed by atoms with Gasteiger partial charge in [-0.3, -0.25) is 0 Å². The Morgan fingerprint density at radius 2 is 1.80 bits per heavy atom. The van der Waals surface area contributed by atoms with Gasteiger partial charge in [0, 0.05) is 19.3 Å². The molecule has 1 aliphatic rings. The van der Waals surface area contributed by atoms with Gasteiger partial charge in [0.15, 0.2) is 0 Å². The van der Waals surface area contributed by atoms with Crippen LogP contribution in [0.2, 0.25) is 0 Å². The molecule has 1 unspecified atom stereocenters. The van der Waals surface area contributed by atoms with E-state index in [1.54, 1.807) is 0 Å². The van der Waals surface area contributed by atoms with Crippen LogP contribution in [-0.2, 0) is 4.74 Å². The highest BCUT2D eigenvalue weighted by Gasteiger charge is 2.21. The van der Waals surface area contributed by atoms with Gasteiger partial charge in [-0.2, -0.15) is 0 Å². The van der Waals surface area contributed by atoms with Gasteiger partial charge in [0.05, 0.1) is 16.7 Å². The van der Waals surface area contributed by atoms with Gasteiger partial charge in [-0.1, -0.05) is 12.1 Å². The van der Waals surface area contributed by atoms with Crippen molar-refractivity contribution in [1.29, 1.82) is 0 Å². The normalized spacial score (nSPS) is 18.1. The number of rotatable bonds is 3. The van der Waals surface area contributed by atoms with Crippen molar-refractivity contribution in [3.05, 3.63) is 30.0 Å². The Bertz CT molecular complexity index is 593. The lowest BCUT2D eigenvalue weighted by atomic mass is 9.93. The summed E-state index contributed by atoms with van der Waals surface area (Å²) in [6, 6.07) is 8.40. The number of aromatic nitrogens is 2. The van der Waals surface area contributed by atoms with E-state index >= 15 is 0 Å². The first-order valence-corrected chi connectivity index (χ1v) is 7.31. The SMILES string of the molecule is Cc1nc2ccccc2nc1NC(C)C1CCOCC1. The van der Waals surface area contributed by atoms with Crippen LogP contribution in [0.5, 0.6) is 0 Å². The molecule has 106 valence electrons. The molecule has 1 N–H and O–H groups in total. The minimum Gasteiger partial charge on any atom is -0.381 e. The van der Waals surface area contributed by atoms with Crippen molar-refractivity contribution in [2.75, 3.05) is 18.5 Å². The van der Waals surface area contributed by atoms with Crippen LogP contribution in [0, 0.1) is 12.8 Å². The lowest BCUT2D eigenvalue weighted by molar-refractivity contribution is 0.0622. The molecule has 1 saturated heterocycles. The zero-order valence-corrected chi connectivity index (χ0v) is 12.1. The van der Waals surface area contributed by atoms with Gasteiger partial charge in [-0.05, 0) is 44.7 Å². The number of aryl methyl sites for hydroxylation is 1. The van der Waals surface area contributed by atoms with Crippen LogP contribution >= 0.6 is 0 Å². The molecular weight excluding hydrogens is 250 g/mol. The molecule has 0 saturated carbocycles. The highest BCUT2D eigenvalue weighted by molar-refractivity contribution is 5.76. The lowest BCUT2D eigenvalue weighted by Crippen LogP contribution is -2.31. The summed E-state index contributed by atoms with van der Waals surface area (Å²) in [5, 5.41) is 3.54. The third-order valence-corrected chi connectivity index (χ3v) is 4.08. The summed E-state index contributed by atoms with van der Waals surface area (Å²) >= 11 is 0.